The first-order chi connectivity index (χ1) is 30.0. The first-order valence-corrected chi connectivity index (χ1v) is 21.9. The summed E-state index contributed by atoms with van der Waals surface area (Å²) >= 11 is 0. The molecule has 1 unspecified atom stereocenters. The molecule has 3 N–H and O–H groups in total. The van der Waals surface area contributed by atoms with Crippen LogP contribution in [0.15, 0.2) is 85.2 Å². The van der Waals surface area contributed by atoms with Crippen LogP contribution in [0.25, 0.3) is 33.3 Å². The summed E-state index contributed by atoms with van der Waals surface area (Å²) < 4.78 is 18.1. The molecule has 3 atom stereocenters. The number of amides is 3. The molecule has 2 aliphatic rings. The molecule has 6 bridgehead atoms. The number of pyridine rings is 1. The smallest absolute Gasteiger partial charge is 0.408 e. The molecule has 13 nitrogen and oxygen atoms in total. The van der Waals surface area contributed by atoms with Crippen molar-refractivity contribution in [2.45, 2.75) is 111 Å². The van der Waals surface area contributed by atoms with Gasteiger partial charge in [-0.2, -0.15) is 0 Å². The Morgan fingerprint density at radius 1 is 1.02 bits per heavy atom. The number of ether oxygens (including phenoxy) is 3. The van der Waals surface area contributed by atoms with E-state index in [2.05, 4.69) is 47.5 Å². The van der Waals surface area contributed by atoms with Gasteiger partial charge >= 0.3 is 12.1 Å². The molecule has 4 heterocycles. The molecule has 0 saturated carbocycles. The Balaban J connectivity index is 1.37. The number of rotatable bonds is 8. The van der Waals surface area contributed by atoms with Crippen molar-refractivity contribution in [3.05, 3.63) is 107 Å². The predicted octanol–water partition coefficient (Wildman–Crippen LogP) is 8.40. The Labute approximate surface area is 369 Å². The number of cyclic esters (lactones) is 1. The Bertz CT molecular complexity index is 2470. The second-order valence-electron chi connectivity index (χ2n) is 18.7. The lowest BCUT2D eigenvalue weighted by atomic mass is 9.84. The van der Waals surface area contributed by atoms with E-state index in [-0.39, 0.29) is 25.0 Å². The topological polar surface area (TPSA) is 155 Å². The number of alkyl carbamates (subject to hydrolysis) is 1. The zero-order chi connectivity index (χ0) is 45.1. The Morgan fingerprint density at radius 3 is 2.54 bits per heavy atom. The number of hydrogen-bond acceptors (Lipinski definition) is 9. The molecule has 63 heavy (non-hydrogen) atoms. The van der Waals surface area contributed by atoms with Gasteiger partial charge < -0.3 is 29.4 Å². The van der Waals surface area contributed by atoms with Crippen molar-refractivity contribution in [1.82, 2.24) is 30.6 Å². The molecule has 7 rings (SSSR count). The summed E-state index contributed by atoms with van der Waals surface area (Å²) in [5.74, 6) is -0.387. The lowest BCUT2D eigenvalue weighted by molar-refractivity contribution is -0.155. The SMILES string of the molecule is CCC(C)N(C)C(=O)c1cncc(-c2[nH]c3ccc4cc3c2CC(C)(C)COC(=O)[C@@H]2CCCN(N2)C(=O)[C@@H](NC(=O)OC(C)(C)C)Cc2cc(OCc3ccccc3)cc-4c2)c1. The molecular formula is C50H60N6O7. The van der Waals surface area contributed by atoms with Crippen molar-refractivity contribution in [3.8, 4) is 28.1 Å². The van der Waals surface area contributed by atoms with E-state index in [0.29, 0.717) is 43.7 Å². The Kier molecular flexibility index (Phi) is 13.3. The summed E-state index contributed by atoms with van der Waals surface area (Å²) in [4.78, 5) is 65.1. The van der Waals surface area contributed by atoms with Crippen molar-refractivity contribution in [2.24, 2.45) is 5.41 Å². The van der Waals surface area contributed by atoms with Crippen LogP contribution in [0.4, 0.5) is 4.79 Å². The fraction of sp³-hybridized carbons (Fsp3) is 0.420. The highest BCUT2D eigenvalue weighted by atomic mass is 16.6. The highest BCUT2D eigenvalue weighted by Gasteiger charge is 2.35. The largest absolute Gasteiger partial charge is 0.489 e. The van der Waals surface area contributed by atoms with Crippen LogP contribution in [0.2, 0.25) is 0 Å². The van der Waals surface area contributed by atoms with Crippen LogP contribution in [-0.2, 0) is 38.5 Å². The Hall–Kier alpha value is -6.21. The van der Waals surface area contributed by atoms with Crippen LogP contribution in [0.5, 0.6) is 5.75 Å². The summed E-state index contributed by atoms with van der Waals surface area (Å²) in [6.45, 7) is 14.2. The van der Waals surface area contributed by atoms with Crippen LogP contribution >= 0.6 is 0 Å². The van der Waals surface area contributed by atoms with E-state index in [4.69, 9.17) is 14.2 Å². The average Bonchev–Trinajstić information content (AvgIpc) is 3.62. The van der Waals surface area contributed by atoms with Gasteiger partial charge in [0.05, 0.1) is 17.9 Å². The summed E-state index contributed by atoms with van der Waals surface area (Å²) in [5.41, 5.74) is 9.20. The number of nitrogens with zero attached hydrogens (tertiary/aromatic N) is 3. The molecule has 0 spiro atoms. The van der Waals surface area contributed by atoms with E-state index < -0.39 is 41.1 Å². The van der Waals surface area contributed by atoms with Crippen LogP contribution in [0, 0.1) is 5.41 Å². The minimum Gasteiger partial charge on any atom is -0.489 e. The van der Waals surface area contributed by atoms with Crippen molar-refractivity contribution in [2.75, 3.05) is 20.2 Å². The second-order valence-corrected chi connectivity index (χ2v) is 18.7. The maximum Gasteiger partial charge on any atom is 0.408 e. The number of hydrazine groups is 1. The van der Waals surface area contributed by atoms with Crippen LogP contribution in [-0.4, -0.2) is 87.7 Å². The molecule has 3 amide bonds. The number of fused-ring (bicyclic) bond motifs is 6. The standard InChI is InChI=1S/C50H60N6O7/c1-9-31(2)55(8)45(57)37-23-36(27-51-28-37)44-40-26-50(6,7)30-62-47(59)42-16-13-19-56(54-42)46(58)43(53-48(60)63-49(3,4)5)22-33-20-35(34-17-18-41(52-44)39(40)25-34)24-38(21-33)61-29-32-14-11-10-12-15-32/h10-12,14-15,17-18,20-21,23-25,27-28,31,42-43,52,54H,9,13,16,19,22,26,29-30H2,1-8H3,(H,53,60)/t31?,42-,43-/m0/s1. The first kappa shape index (κ1) is 44.8. The highest BCUT2D eigenvalue weighted by Crippen LogP contribution is 2.39. The number of benzene rings is 3. The fourth-order valence-corrected chi connectivity index (χ4v) is 8.08. The van der Waals surface area contributed by atoms with E-state index in [0.717, 1.165) is 56.4 Å². The molecule has 1 saturated heterocycles. The first-order valence-electron chi connectivity index (χ1n) is 21.9. The van der Waals surface area contributed by atoms with Gasteiger partial charge in [0.15, 0.2) is 0 Å². The molecular weight excluding hydrogens is 797 g/mol. The van der Waals surface area contributed by atoms with E-state index in [1.54, 1.807) is 38.1 Å². The minimum atomic E-state index is -1.06. The van der Waals surface area contributed by atoms with E-state index in [1.807, 2.05) is 80.7 Å². The van der Waals surface area contributed by atoms with Crippen LogP contribution < -0.4 is 15.5 Å². The molecule has 332 valence electrons. The van der Waals surface area contributed by atoms with Gasteiger partial charge in [-0.3, -0.25) is 24.4 Å². The minimum absolute atomic E-state index is 0.0583. The lowest BCUT2D eigenvalue weighted by Gasteiger charge is -2.35. The van der Waals surface area contributed by atoms with Crippen molar-refractivity contribution in [1.29, 1.82) is 0 Å². The van der Waals surface area contributed by atoms with Gasteiger partial charge in [-0.1, -0.05) is 63.2 Å². The number of carbonyl (C=O) groups is 4. The number of H-pyrrole nitrogens is 1. The number of nitrogens with one attached hydrogen (secondary N) is 3. The predicted molar refractivity (Wildman–Crippen MR) is 243 cm³/mol. The van der Waals surface area contributed by atoms with E-state index in [9.17, 15) is 19.2 Å². The van der Waals surface area contributed by atoms with Crippen LogP contribution in [0.1, 0.15) is 94.8 Å². The normalized spacial score (nSPS) is 18.5. The highest BCUT2D eigenvalue weighted by molar-refractivity contribution is 5.97. The van der Waals surface area contributed by atoms with Gasteiger partial charge in [0, 0.05) is 60.3 Å². The summed E-state index contributed by atoms with van der Waals surface area (Å²) in [6.07, 6.45) is 5.10. The van der Waals surface area contributed by atoms with Crippen molar-refractivity contribution >= 4 is 34.8 Å². The van der Waals surface area contributed by atoms with Gasteiger partial charge in [0.1, 0.15) is 30.0 Å². The monoisotopic (exact) mass is 856 g/mol. The zero-order valence-electron chi connectivity index (χ0n) is 37.7. The number of hydrogen-bond donors (Lipinski definition) is 3. The zero-order valence-corrected chi connectivity index (χ0v) is 37.7. The molecule has 5 aromatic rings. The third-order valence-electron chi connectivity index (χ3n) is 11.7. The molecule has 2 aromatic heterocycles. The number of aromatic amines is 1. The Morgan fingerprint density at radius 2 is 1.79 bits per heavy atom. The van der Waals surface area contributed by atoms with E-state index >= 15 is 0 Å². The fourth-order valence-electron chi connectivity index (χ4n) is 8.08. The number of esters is 1. The molecule has 0 radical (unpaired) electrons. The summed E-state index contributed by atoms with van der Waals surface area (Å²) in [5, 5.41) is 5.21. The average molecular weight is 857 g/mol. The number of carbonyl (C=O) groups excluding carboxylic acids is 4. The quantitative estimate of drug-likeness (QED) is 0.131. The second kappa shape index (κ2) is 18.6. The van der Waals surface area contributed by atoms with Crippen molar-refractivity contribution < 1.29 is 33.4 Å². The molecule has 3 aromatic carbocycles. The third kappa shape index (κ3) is 10.9. The van der Waals surface area contributed by atoms with Gasteiger partial charge in [-0.15, -0.1) is 0 Å². The molecule has 13 heteroatoms. The maximum atomic E-state index is 14.4. The van der Waals surface area contributed by atoms with Gasteiger partial charge in [-0.05, 0) is 112 Å². The van der Waals surface area contributed by atoms with Gasteiger partial charge in [0.2, 0.25) is 0 Å². The van der Waals surface area contributed by atoms with E-state index in [1.165, 1.54) is 5.01 Å². The lowest BCUT2D eigenvalue weighted by Crippen LogP contribution is -2.60. The molecule has 2 aliphatic heterocycles. The maximum absolute atomic E-state index is 14.4. The van der Waals surface area contributed by atoms with Crippen molar-refractivity contribution in [3.63, 3.8) is 0 Å². The van der Waals surface area contributed by atoms with Gasteiger partial charge in [-0.25, -0.2) is 10.2 Å². The van der Waals surface area contributed by atoms with Gasteiger partial charge in [0.25, 0.3) is 11.8 Å². The van der Waals surface area contributed by atoms with Crippen LogP contribution in [0.3, 0.4) is 0 Å². The summed E-state index contributed by atoms with van der Waals surface area (Å²) in [6, 6.07) is 22.1. The molecule has 0 aliphatic carbocycles. The molecule has 1 fully saturated rings. The summed E-state index contributed by atoms with van der Waals surface area (Å²) in [7, 11) is 1.81. The number of aromatic nitrogens is 2. The third-order valence-corrected chi connectivity index (χ3v) is 11.7.